The lowest BCUT2D eigenvalue weighted by Crippen LogP contribution is -2.15. The first kappa shape index (κ1) is 9.24. The van der Waals surface area contributed by atoms with Crippen LogP contribution in [0.4, 0.5) is 0 Å². The SMILES string of the molecule is Cc1nn(C)c2c1C(C(=O)O)C(C)C2. The van der Waals surface area contributed by atoms with Crippen LogP contribution >= 0.6 is 0 Å². The van der Waals surface area contributed by atoms with Crippen LogP contribution in [0.1, 0.15) is 29.8 Å². The summed E-state index contributed by atoms with van der Waals surface area (Å²) in [7, 11) is 1.88. The van der Waals surface area contributed by atoms with Gasteiger partial charge in [0.25, 0.3) is 0 Å². The van der Waals surface area contributed by atoms with Crippen LogP contribution < -0.4 is 0 Å². The molecule has 0 aliphatic heterocycles. The summed E-state index contributed by atoms with van der Waals surface area (Å²) < 4.78 is 1.81. The summed E-state index contributed by atoms with van der Waals surface area (Å²) in [6.45, 7) is 3.87. The average Bonchev–Trinajstić information content (AvgIpc) is 2.52. The smallest absolute Gasteiger partial charge is 0.311 e. The third-order valence-corrected chi connectivity index (χ3v) is 3.05. The maximum Gasteiger partial charge on any atom is 0.311 e. The molecule has 2 rings (SSSR count). The van der Waals surface area contributed by atoms with E-state index in [1.54, 1.807) is 0 Å². The van der Waals surface area contributed by atoms with Gasteiger partial charge in [-0.15, -0.1) is 0 Å². The highest BCUT2D eigenvalue weighted by molar-refractivity contribution is 5.78. The summed E-state index contributed by atoms with van der Waals surface area (Å²) in [6, 6.07) is 0. The first-order chi connectivity index (χ1) is 6.52. The molecule has 0 spiro atoms. The van der Waals surface area contributed by atoms with Crippen molar-refractivity contribution in [3.05, 3.63) is 17.0 Å². The number of carbonyl (C=O) groups is 1. The van der Waals surface area contributed by atoms with E-state index in [-0.39, 0.29) is 11.8 Å². The van der Waals surface area contributed by atoms with E-state index in [9.17, 15) is 4.79 Å². The molecule has 1 aliphatic rings. The molecule has 0 radical (unpaired) electrons. The molecule has 1 aromatic rings. The van der Waals surface area contributed by atoms with E-state index in [2.05, 4.69) is 5.10 Å². The topological polar surface area (TPSA) is 55.1 Å². The third kappa shape index (κ3) is 1.06. The molecule has 0 fully saturated rings. The van der Waals surface area contributed by atoms with Gasteiger partial charge in [0.15, 0.2) is 0 Å². The Bertz CT molecular complexity index is 395. The highest BCUT2D eigenvalue weighted by Crippen LogP contribution is 2.39. The quantitative estimate of drug-likeness (QED) is 0.728. The van der Waals surface area contributed by atoms with Crippen LogP contribution in [0.3, 0.4) is 0 Å². The largest absolute Gasteiger partial charge is 0.481 e. The molecule has 0 saturated carbocycles. The number of nitrogens with zero attached hydrogens (tertiary/aromatic N) is 2. The van der Waals surface area contributed by atoms with Crippen molar-refractivity contribution >= 4 is 5.97 Å². The molecule has 0 saturated heterocycles. The number of aryl methyl sites for hydroxylation is 2. The summed E-state index contributed by atoms with van der Waals surface area (Å²) in [4.78, 5) is 11.1. The van der Waals surface area contributed by atoms with Gasteiger partial charge in [-0.05, 0) is 19.3 Å². The number of hydrogen-bond acceptors (Lipinski definition) is 2. The van der Waals surface area contributed by atoms with E-state index in [4.69, 9.17) is 5.11 Å². The highest BCUT2D eigenvalue weighted by atomic mass is 16.4. The molecule has 0 amide bonds. The number of aliphatic carboxylic acids is 1. The first-order valence-electron chi connectivity index (χ1n) is 4.77. The van der Waals surface area contributed by atoms with Crippen LogP contribution in [0.25, 0.3) is 0 Å². The molecule has 76 valence electrons. The number of hydrogen-bond donors (Lipinski definition) is 1. The first-order valence-corrected chi connectivity index (χ1v) is 4.77. The van der Waals surface area contributed by atoms with Gasteiger partial charge in [0.2, 0.25) is 0 Å². The number of carboxylic acids is 1. The van der Waals surface area contributed by atoms with Crippen molar-refractivity contribution in [2.45, 2.75) is 26.2 Å². The highest BCUT2D eigenvalue weighted by Gasteiger charge is 2.38. The van der Waals surface area contributed by atoms with Crippen molar-refractivity contribution in [2.24, 2.45) is 13.0 Å². The van der Waals surface area contributed by atoms with Crippen LogP contribution in [0.2, 0.25) is 0 Å². The van der Waals surface area contributed by atoms with Crippen molar-refractivity contribution in [1.29, 1.82) is 0 Å². The average molecular weight is 194 g/mol. The lowest BCUT2D eigenvalue weighted by molar-refractivity contribution is -0.139. The Morgan fingerprint density at radius 1 is 1.64 bits per heavy atom. The number of carboxylic acid groups (broad SMARTS) is 1. The lowest BCUT2D eigenvalue weighted by Gasteiger charge is -2.10. The summed E-state index contributed by atoms with van der Waals surface area (Å²) in [6.07, 6.45) is 0.823. The van der Waals surface area contributed by atoms with Crippen LogP contribution in [-0.4, -0.2) is 20.9 Å². The zero-order valence-corrected chi connectivity index (χ0v) is 8.61. The van der Waals surface area contributed by atoms with Crippen LogP contribution in [0.15, 0.2) is 0 Å². The molecule has 4 heteroatoms. The zero-order valence-electron chi connectivity index (χ0n) is 8.61. The standard InChI is InChI=1S/C10H14N2O2/c1-5-4-7-9(8(5)10(13)14)6(2)11-12(7)3/h5,8H,4H2,1-3H3,(H,13,14). The Balaban J connectivity index is 2.55. The predicted octanol–water partition coefficient (Wildman–Crippen LogP) is 1.09. The molecule has 1 aromatic heterocycles. The molecule has 2 atom stereocenters. The van der Waals surface area contributed by atoms with Crippen molar-refractivity contribution in [2.75, 3.05) is 0 Å². The fraction of sp³-hybridized carbons (Fsp3) is 0.600. The van der Waals surface area contributed by atoms with Crippen molar-refractivity contribution < 1.29 is 9.90 Å². The molecule has 14 heavy (non-hydrogen) atoms. The molecule has 1 N–H and O–H groups in total. The Morgan fingerprint density at radius 3 is 2.86 bits per heavy atom. The van der Waals surface area contributed by atoms with Crippen molar-refractivity contribution in [3.8, 4) is 0 Å². The van der Waals surface area contributed by atoms with E-state index in [0.29, 0.717) is 0 Å². The second kappa shape index (κ2) is 2.83. The summed E-state index contributed by atoms with van der Waals surface area (Å²) in [5, 5.41) is 13.4. The summed E-state index contributed by atoms with van der Waals surface area (Å²) in [5.74, 6) is -0.906. The second-order valence-electron chi connectivity index (χ2n) is 4.07. The van der Waals surface area contributed by atoms with Crippen LogP contribution in [0, 0.1) is 12.8 Å². The van der Waals surface area contributed by atoms with E-state index in [1.165, 1.54) is 0 Å². The normalized spacial score (nSPS) is 25.1. The molecule has 1 heterocycles. The maximum absolute atomic E-state index is 11.1. The summed E-state index contributed by atoms with van der Waals surface area (Å²) >= 11 is 0. The Labute approximate surface area is 82.5 Å². The van der Waals surface area contributed by atoms with E-state index >= 15 is 0 Å². The molecule has 0 bridgehead atoms. The third-order valence-electron chi connectivity index (χ3n) is 3.05. The predicted molar refractivity (Wildman–Crippen MR) is 51.2 cm³/mol. The lowest BCUT2D eigenvalue weighted by atomic mass is 9.94. The summed E-state index contributed by atoms with van der Waals surface area (Å²) in [5.41, 5.74) is 2.88. The van der Waals surface area contributed by atoms with Crippen molar-refractivity contribution in [1.82, 2.24) is 9.78 Å². The fourth-order valence-corrected chi connectivity index (χ4v) is 2.44. The second-order valence-corrected chi connectivity index (χ2v) is 4.07. The van der Waals surface area contributed by atoms with Gasteiger partial charge in [-0.3, -0.25) is 9.48 Å². The molecule has 4 nitrogen and oxygen atoms in total. The van der Waals surface area contributed by atoms with Gasteiger partial charge in [-0.1, -0.05) is 6.92 Å². The maximum atomic E-state index is 11.1. The number of rotatable bonds is 1. The van der Waals surface area contributed by atoms with Gasteiger partial charge in [-0.25, -0.2) is 0 Å². The molecule has 2 unspecified atom stereocenters. The molecular weight excluding hydrogens is 180 g/mol. The van der Waals surface area contributed by atoms with E-state index in [0.717, 1.165) is 23.4 Å². The van der Waals surface area contributed by atoms with Gasteiger partial charge in [0.05, 0.1) is 11.6 Å². The minimum absolute atomic E-state index is 0.186. The minimum atomic E-state index is -0.729. The van der Waals surface area contributed by atoms with E-state index in [1.807, 2.05) is 25.6 Å². The monoisotopic (exact) mass is 194 g/mol. The molecule has 1 aliphatic carbocycles. The minimum Gasteiger partial charge on any atom is -0.481 e. The van der Waals surface area contributed by atoms with Gasteiger partial charge in [0, 0.05) is 18.3 Å². The van der Waals surface area contributed by atoms with E-state index < -0.39 is 5.97 Å². The number of fused-ring (bicyclic) bond motifs is 1. The fourth-order valence-electron chi connectivity index (χ4n) is 2.44. The Morgan fingerprint density at radius 2 is 2.29 bits per heavy atom. The Hall–Kier alpha value is -1.32. The van der Waals surface area contributed by atoms with Gasteiger partial charge < -0.3 is 5.11 Å². The van der Waals surface area contributed by atoms with Crippen molar-refractivity contribution in [3.63, 3.8) is 0 Å². The Kier molecular flexibility index (Phi) is 1.87. The zero-order chi connectivity index (χ0) is 10.5. The van der Waals surface area contributed by atoms with Gasteiger partial charge in [-0.2, -0.15) is 5.10 Å². The van der Waals surface area contributed by atoms with Gasteiger partial charge >= 0.3 is 5.97 Å². The van der Waals surface area contributed by atoms with Gasteiger partial charge in [0.1, 0.15) is 0 Å². The molecular formula is C10H14N2O2. The van der Waals surface area contributed by atoms with Crippen LogP contribution in [0.5, 0.6) is 0 Å². The number of aromatic nitrogens is 2. The molecule has 0 aromatic carbocycles. The van der Waals surface area contributed by atoms with Crippen LogP contribution in [-0.2, 0) is 18.3 Å².